The van der Waals surface area contributed by atoms with E-state index < -0.39 is 76.5 Å². The van der Waals surface area contributed by atoms with Gasteiger partial charge in [-0.1, -0.05) is 29.8 Å². The third kappa shape index (κ3) is 4.59. The van der Waals surface area contributed by atoms with E-state index in [1.165, 1.54) is 6.07 Å². The third-order valence-corrected chi connectivity index (χ3v) is 8.74. The summed E-state index contributed by atoms with van der Waals surface area (Å²) >= 11 is 3.31. The molecule has 2 aliphatic heterocycles. The van der Waals surface area contributed by atoms with E-state index in [9.17, 15) is 46.1 Å². The third-order valence-electron chi connectivity index (χ3n) is 8.25. The van der Waals surface area contributed by atoms with Gasteiger partial charge in [0, 0.05) is 21.9 Å². The smallest absolute Gasteiger partial charge is 0.416 e. The van der Waals surface area contributed by atoms with Crippen molar-refractivity contribution in [1.29, 1.82) is 0 Å². The molecule has 0 bridgehead atoms. The lowest BCUT2D eigenvalue weighted by Gasteiger charge is -2.46. The average Bonchev–Trinajstić information content (AvgIpc) is 3.32. The molecule has 2 heterocycles. The molecule has 5 rings (SSSR count). The van der Waals surface area contributed by atoms with Gasteiger partial charge in [0.2, 0.25) is 11.8 Å². The number of amides is 2. The van der Waals surface area contributed by atoms with E-state index in [0.717, 1.165) is 0 Å². The number of phenols is 1. The molecule has 40 heavy (non-hydrogen) atoms. The van der Waals surface area contributed by atoms with Crippen LogP contribution in [0.15, 0.2) is 40.9 Å². The molecule has 0 unspecified atom stereocenters. The molecule has 6 atom stereocenters. The lowest BCUT2D eigenvalue weighted by Crippen LogP contribution is -2.55. The van der Waals surface area contributed by atoms with Gasteiger partial charge >= 0.3 is 12.4 Å². The number of anilines is 1. The SMILES string of the molecule is CC(C)[C@H]1C[C@@H]2C(=O)N(c3cc(C(F)(F)F)cc(C(F)(F)F)c3)C(=O)[C@@H]2[C@@H]2C[C@@H](c3cc(Br)ccc3O)O[C@]12O. The molecule has 2 saturated heterocycles. The highest BCUT2D eigenvalue weighted by atomic mass is 79.9. The van der Waals surface area contributed by atoms with Crippen molar-refractivity contribution in [3.63, 3.8) is 0 Å². The Bertz CT molecular complexity index is 1350. The summed E-state index contributed by atoms with van der Waals surface area (Å²) in [6, 6.07) is 5.20. The van der Waals surface area contributed by atoms with E-state index in [0.29, 0.717) is 27.1 Å². The van der Waals surface area contributed by atoms with Gasteiger partial charge in [-0.05, 0) is 55.2 Å². The summed E-state index contributed by atoms with van der Waals surface area (Å²) in [5.41, 5.74) is -3.83. The Hall–Kier alpha value is -2.64. The van der Waals surface area contributed by atoms with Crippen LogP contribution in [0.5, 0.6) is 5.75 Å². The number of halogens is 7. The molecule has 13 heteroatoms. The second-order valence-corrected chi connectivity index (χ2v) is 11.8. The van der Waals surface area contributed by atoms with Gasteiger partial charge in [0.15, 0.2) is 5.79 Å². The van der Waals surface area contributed by atoms with Gasteiger partial charge in [-0.2, -0.15) is 26.3 Å². The van der Waals surface area contributed by atoms with Gasteiger partial charge in [-0.15, -0.1) is 0 Å². The van der Waals surface area contributed by atoms with Crippen molar-refractivity contribution < 1.29 is 50.9 Å². The van der Waals surface area contributed by atoms with Crippen molar-refractivity contribution >= 4 is 33.4 Å². The van der Waals surface area contributed by atoms with Crippen molar-refractivity contribution in [2.45, 2.75) is 50.9 Å². The zero-order valence-corrected chi connectivity index (χ0v) is 22.6. The Morgan fingerprint density at radius 1 is 0.975 bits per heavy atom. The fraction of sp³-hybridized carbons (Fsp3) is 0.481. The number of benzene rings is 2. The average molecular weight is 636 g/mol. The van der Waals surface area contributed by atoms with Crippen LogP contribution in [0, 0.1) is 29.6 Å². The van der Waals surface area contributed by atoms with Crippen molar-refractivity contribution in [3.8, 4) is 5.75 Å². The molecular weight excluding hydrogens is 612 g/mol. The van der Waals surface area contributed by atoms with Gasteiger partial charge < -0.3 is 14.9 Å². The lowest BCUT2D eigenvalue weighted by molar-refractivity contribution is -0.276. The number of fused-ring (bicyclic) bond motifs is 3. The number of aliphatic hydroxyl groups is 1. The Balaban J connectivity index is 1.59. The molecule has 0 aromatic heterocycles. The summed E-state index contributed by atoms with van der Waals surface area (Å²) in [5, 5.41) is 22.3. The van der Waals surface area contributed by atoms with E-state index in [4.69, 9.17) is 4.74 Å². The number of hydrogen-bond acceptors (Lipinski definition) is 5. The van der Waals surface area contributed by atoms with Crippen LogP contribution in [0.25, 0.3) is 0 Å². The highest BCUT2D eigenvalue weighted by molar-refractivity contribution is 9.10. The minimum Gasteiger partial charge on any atom is -0.508 e. The summed E-state index contributed by atoms with van der Waals surface area (Å²) in [6.07, 6.45) is -11.3. The molecule has 1 aliphatic carbocycles. The molecule has 3 aliphatic rings. The maximum atomic E-state index is 13.7. The van der Waals surface area contributed by atoms with Crippen LogP contribution in [-0.4, -0.2) is 27.8 Å². The molecule has 1 saturated carbocycles. The highest BCUT2D eigenvalue weighted by Crippen LogP contribution is 2.60. The summed E-state index contributed by atoms with van der Waals surface area (Å²) in [6.45, 7) is 3.55. The number of carbonyl (C=O) groups excluding carboxylic acids is 2. The Morgan fingerprint density at radius 2 is 1.57 bits per heavy atom. The summed E-state index contributed by atoms with van der Waals surface area (Å²) in [7, 11) is 0. The van der Waals surface area contributed by atoms with Gasteiger partial charge in [-0.25, -0.2) is 0 Å². The zero-order chi connectivity index (χ0) is 29.5. The van der Waals surface area contributed by atoms with E-state index >= 15 is 0 Å². The van der Waals surface area contributed by atoms with Gasteiger partial charge in [-0.3, -0.25) is 14.5 Å². The molecule has 216 valence electrons. The first-order chi connectivity index (χ1) is 18.4. The number of aromatic hydroxyl groups is 1. The first kappa shape index (κ1) is 28.9. The zero-order valence-electron chi connectivity index (χ0n) is 21.1. The topological polar surface area (TPSA) is 87.1 Å². The van der Waals surface area contributed by atoms with Crippen molar-refractivity contribution in [2.24, 2.45) is 29.6 Å². The standard InChI is InChI=1S/C27H24BrF6NO5/c1-11(2)18-9-17-22(19-10-21(40-25(18,19)39)16-8-14(28)3-4-20(16)36)24(38)35(23(17)37)15-6-12(26(29,30)31)5-13(7-15)27(32,33)34/h3-8,11,17-19,21-22,36,39H,9-10H2,1-2H3/t17-,18+,19-,21-,22-,25+/m0/s1. The first-order valence-electron chi connectivity index (χ1n) is 12.5. The van der Waals surface area contributed by atoms with E-state index in [-0.39, 0.29) is 30.6 Å². The van der Waals surface area contributed by atoms with Gasteiger partial charge in [0.05, 0.1) is 34.8 Å². The van der Waals surface area contributed by atoms with Gasteiger partial charge in [0.1, 0.15) is 5.75 Å². The molecular formula is C27H24BrF6NO5. The maximum absolute atomic E-state index is 13.7. The number of hydrogen-bond donors (Lipinski definition) is 2. The lowest BCUT2D eigenvalue weighted by atomic mass is 9.62. The number of alkyl halides is 6. The molecule has 0 radical (unpaired) electrons. The number of imide groups is 1. The second kappa shape index (κ2) is 9.45. The van der Waals surface area contributed by atoms with E-state index in [1.54, 1.807) is 26.0 Å². The summed E-state index contributed by atoms with van der Waals surface area (Å²) in [4.78, 5) is 27.7. The molecule has 2 aromatic rings. The molecule has 3 fully saturated rings. The first-order valence-corrected chi connectivity index (χ1v) is 13.3. The minimum atomic E-state index is -5.17. The molecule has 6 nitrogen and oxygen atoms in total. The second-order valence-electron chi connectivity index (χ2n) is 10.9. The van der Waals surface area contributed by atoms with Crippen LogP contribution in [-0.2, 0) is 26.7 Å². The largest absolute Gasteiger partial charge is 0.508 e. The summed E-state index contributed by atoms with van der Waals surface area (Å²) < 4.78 is 87.8. The molecule has 0 spiro atoms. The normalized spacial score (nSPS) is 30.7. The number of ether oxygens (including phenoxy) is 1. The number of nitrogens with zero attached hydrogens (tertiary/aromatic N) is 1. The van der Waals surface area contributed by atoms with E-state index in [1.807, 2.05) is 0 Å². The predicted molar refractivity (Wildman–Crippen MR) is 132 cm³/mol. The fourth-order valence-corrected chi connectivity index (χ4v) is 6.85. The number of rotatable bonds is 3. The van der Waals surface area contributed by atoms with Crippen LogP contribution < -0.4 is 4.90 Å². The van der Waals surface area contributed by atoms with Crippen LogP contribution in [0.2, 0.25) is 0 Å². The molecule has 2 amide bonds. The molecule has 2 N–H and O–H groups in total. The number of carbonyl (C=O) groups is 2. The van der Waals surface area contributed by atoms with Crippen LogP contribution in [0.4, 0.5) is 32.0 Å². The van der Waals surface area contributed by atoms with E-state index in [2.05, 4.69) is 15.9 Å². The Labute approximate surface area is 233 Å². The van der Waals surface area contributed by atoms with Crippen molar-refractivity contribution in [3.05, 3.63) is 57.6 Å². The number of phenolic OH excluding ortho intramolecular Hbond substituents is 1. The maximum Gasteiger partial charge on any atom is 0.416 e. The Kier molecular flexibility index (Phi) is 6.82. The van der Waals surface area contributed by atoms with Crippen LogP contribution in [0.1, 0.15) is 49.5 Å². The predicted octanol–water partition coefficient (Wildman–Crippen LogP) is 6.44. The fourth-order valence-electron chi connectivity index (χ4n) is 6.47. The van der Waals surface area contributed by atoms with Crippen molar-refractivity contribution in [1.82, 2.24) is 0 Å². The monoisotopic (exact) mass is 635 g/mol. The quantitative estimate of drug-likeness (QED) is 0.299. The van der Waals surface area contributed by atoms with Crippen LogP contribution >= 0.6 is 15.9 Å². The van der Waals surface area contributed by atoms with Gasteiger partial charge in [0.25, 0.3) is 0 Å². The molecule has 2 aromatic carbocycles. The Morgan fingerprint density at radius 3 is 2.12 bits per heavy atom. The minimum absolute atomic E-state index is 0.0197. The highest BCUT2D eigenvalue weighted by Gasteiger charge is 2.67. The summed E-state index contributed by atoms with van der Waals surface area (Å²) in [5.74, 6) is -8.33. The van der Waals surface area contributed by atoms with Crippen LogP contribution in [0.3, 0.4) is 0 Å². The van der Waals surface area contributed by atoms with Crippen molar-refractivity contribution in [2.75, 3.05) is 4.90 Å².